The van der Waals surface area contributed by atoms with Crippen molar-refractivity contribution < 1.29 is 28.5 Å². The summed E-state index contributed by atoms with van der Waals surface area (Å²) in [4.78, 5) is 25.1. The molecule has 3 fully saturated rings. The monoisotopic (exact) mass is 466 g/mol. The highest BCUT2D eigenvalue weighted by atomic mass is 16.6. The van der Waals surface area contributed by atoms with Crippen molar-refractivity contribution in [1.82, 2.24) is 5.32 Å². The molecule has 2 amide bonds. The minimum atomic E-state index is -0.579. The van der Waals surface area contributed by atoms with Gasteiger partial charge in [0.2, 0.25) is 5.91 Å². The molecule has 34 heavy (non-hydrogen) atoms. The lowest BCUT2D eigenvalue weighted by molar-refractivity contribution is -0.127. The zero-order valence-corrected chi connectivity index (χ0v) is 19.0. The minimum Gasteiger partial charge on any atom is -0.457 e. The second-order valence-corrected chi connectivity index (χ2v) is 9.05. The van der Waals surface area contributed by atoms with E-state index >= 15 is 0 Å². The highest BCUT2D eigenvalue weighted by Gasteiger charge is 2.50. The van der Waals surface area contributed by atoms with Gasteiger partial charge in [0.25, 0.3) is 0 Å². The Hall–Kier alpha value is -3.10. The highest BCUT2D eigenvalue weighted by molar-refractivity contribution is 5.84. The summed E-state index contributed by atoms with van der Waals surface area (Å²) >= 11 is 0. The number of benzene rings is 2. The van der Waals surface area contributed by atoms with Crippen LogP contribution in [-0.4, -0.2) is 49.6 Å². The van der Waals surface area contributed by atoms with Crippen molar-refractivity contribution in [1.29, 1.82) is 0 Å². The van der Waals surface area contributed by atoms with Crippen molar-refractivity contribution in [2.45, 2.75) is 56.5 Å². The average molecular weight is 467 g/mol. The average Bonchev–Trinajstić information content (AvgIpc) is 3.45. The van der Waals surface area contributed by atoms with E-state index in [1.165, 1.54) is 6.42 Å². The first-order chi connectivity index (χ1) is 16.7. The summed E-state index contributed by atoms with van der Waals surface area (Å²) in [7, 11) is 0. The van der Waals surface area contributed by atoms with E-state index in [9.17, 15) is 9.59 Å². The van der Waals surface area contributed by atoms with E-state index < -0.39 is 12.2 Å². The van der Waals surface area contributed by atoms with Crippen LogP contribution in [-0.2, 0) is 19.0 Å². The summed E-state index contributed by atoms with van der Waals surface area (Å²) in [6.45, 7) is 0.598. The summed E-state index contributed by atoms with van der Waals surface area (Å²) < 4.78 is 23.0. The number of nitrogens with one attached hydrogen (secondary N) is 2. The number of carbonyl (C=O) groups excluding carboxylic acids is 2. The fourth-order valence-corrected chi connectivity index (χ4v) is 4.87. The van der Waals surface area contributed by atoms with Crippen molar-refractivity contribution in [3.05, 3.63) is 54.6 Å². The molecule has 3 aliphatic rings. The molecular weight excluding hydrogens is 436 g/mol. The number of hydrogen-bond acceptors (Lipinski definition) is 6. The number of rotatable bonds is 6. The summed E-state index contributed by atoms with van der Waals surface area (Å²) in [5.41, 5.74) is 0.589. The normalized spacial score (nSPS) is 26.5. The Balaban J connectivity index is 1.09. The van der Waals surface area contributed by atoms with Crippen molar-refractivity contribution in [2.24, 2.45) is 5.92 Å². The lowest BCUT2D eigenvalue weighted by Gasteiger charge is -2.24. The molecule has 180 valence electrons. The predicted molar refractivity (Wildman–Crippen MR) is 125 cm³/mol. The number of amides is 2. The van der Waals surface area contributed by atoms with E-state index in [2.05, 4.69) is 10.6 Å². The summed E-state index contributed by atoms with van der Waals surface area (Å²) in [6.07, 6.45) is 3.51. The van der Waals surface area contributed by atoms with Gasteiger partial charge in [-0.25, -0.2) is 4.79 Å². The molecule has 1 saturated carbocycles. The molecule has 1 aliphatic carbocycles. The number of anilines is 1. The zero-order valence-electron chi connectivity index (χ0n) is 19.0. The van der Waals surface area contributed by atoms with Crippen molar-refractivity contribution in [3.63, 3.8) is 0 Å². The van der Waals surface area contributed by atoms with E-state index in [4.69, 9.17) is 18.9 Å². The number of hydrogen-bond donors (Lipinski definition) is 2. The van der Waals surface area contributed by atoms with Gasteiger partial charge < -0.3 is 24.3 Å². The molecule has 0 bridgehead atoms. The minimum absolute atomic E-state index is 0.0801. The van der Waals surface area contributed by atoms with Gasteiger partial charge in [-0.2, -0.15) is 0 Å². The quantitative estimate of drug-likeness (QED) is 0.661. The Labute approximate surface area is 198 Å². The van der Waals surface area contributed by atoms with Gasteiger partial charge in [-0.3, -0.25) is 10.1 Å². The maximum absolute atomic E-state index is 12.6. The Bertz CT molecular complexity index is 977. The molecule has 2 aromatic rings. The van der Waals surface area contributed by atoms with E-state index in [0.29, 0.717) is 18.0 Å². The van der Waals surface area contributed by atoms with Crippen LogP contribution in [0.3, 0.4) is 0 Å². The molecule has 2 aliphatic heterocycles. The van der Waals surface area contributed by atoms with Gasteiger partial charge in [0, 0.05) is 11.6 Å². The first-order valence-electron chi connectivity index (χ1n) is 12.0. The first-order valence-corrected chi connectivity index (χ1v) is 12.0. The van der Waals surface area contributed by atoms with Gasteiger partial charge in [0.15, 0.2) is 6.10 Å². The second-order valence-electron chi connectivity index (χ2n) is 9.05. The zero-order chi connectivity index (χ0) is 23.3. The fourth-order valence-electron chi connectivity index (χ4n) is 4.87. The SMILES string of the molecule is O=C(Nc1ccc(Oc2ccccc2)cc1)O[C@H]1CO[C@@H]2[C@@H]1OC[C@@H]2NC(=O)C1CCCCC1. The standard InChI is InChI=1S/C26H30N2O6/c29-25(17-7-3-1-4-8-17)28-21-15-31-24-22(16-32-23(21)24)34-26(30)27-18-11-13-20(14-12-18)33-19-9-5-2-6-10-19/h2,5-6,9-14,17,21-24H,1,3-4,7-8,15-16H2,(H,27,30)(H,28,29)/t21-,22-,23-,24+/m0/s1. The molecule has 2 saturated heterocycles. The van der Waals surface area contributed by atoms with Gasteiger partial charge >= 0.3 is 6.09 Å². The third-order valence-electron chi connectivity index (χ3n) is 6.65. The Morgan fingerprint density at radius 1 is 0.824 bits per heavy atom. The highest BCUT2D eigenvalue weighted by Crippen LogP contribution is 2.31. The summed E-state index contributed by atoms with van der Waals surface area (Å²) in [6, 6.07) is 16.3. The molecule has 4 atom stereocenters. The molecule has 2 heterocycles. The Kier molecular flexibility index (Phi) is 6.97. The molecule has 8 nitrogen and oxygen atoms in total. The van der Waals surface area contributed by atoms with Crippen LogP contribution in [0.1, 0.15) is 32.1 Å². The van der Waals surface area contributed by atoms with Crippen molar-refractivity contribution in [3.8, 4) is 11.5 Å². The van der Waals surface area contributed by atoms with E-state index in [1.54, 1.807) is 24.3 Å². The fraction of sp³-hybridized carbons (Fsp3) is 0.462. The van der Waals surface area contributed by atoms with Crippen LogP contribution in [0.2, 0.25) is 0 Å². The van der Waals surface area contributed by atoms with Gasteiger partial charge in [-0.15, -0.1) is 0 Å². The Morgan fingerprint density at radius 3 is 2.29 bits per heavy atom. The molecule has 0 radical (unpaired) electrons. The van der Waals surface area contributed by atoms with Gasteiger partial charge in [-0.1, -0.05) is 37.5 Å². The van der Waals surface area contributed by atoms with Crippen LogP contribution in [0.5, 0.6) is 11.5 Å². The van der Waals surface area contributed by atoms with Crippen LogP contribution < -0.4 is 15.4 Å². The molecular formula is C26H30N2O6. The van der Waals surface area contributed by atoms with Gasteiger partial charge in [-0.05, 0) is 49.2 Å². The maximum Gasteiger partial charge on any atom is 0.412 e. The van der Waals surface area contributed by atoms with Crippen LogP contribution in [0, 0.1) is 5.92 Å². The van der Waals surface area contributed by atoms with Crippen molar-refractivity contribution in [2.75, 3.05) is 18.5 Å². The molecule has 8 heteroatoms. The lowest BCUT2D eigenvalue weighted by Crippen LogP contribution is -2.46. The predicted octanol–water partition coefficient (Wildman–Crippen LogP) is 4.26. The third-order valence-corrected chi connectivity index (χ3v) is 6.65. The van der Waals surface area contributed by atoms with Crippen molar-refractivity contribution >= 4 is 17.7 Å². The van der Waals surface area contributed by atoms with Crippen LogP contribution in [0.4, 0.5) is 10.5 Å². The van der Waals surface area contributed by atoms with Crippen LogP contribution >= 0.6 is 0 Å². The lowest BCUT2D eigenvalue weighted by atomic mass is 9.88. The number of ether oxygens (including phenoxy) is 4. The molecule has 0 unspecified atom stereocenters. The van der Waals surface area contributed by atoms with Gasteiger partial charge in [0.1, 0.15) is 23.7 Å². The molecule has 2 aromatic carbocycles. The number of carbonyl (C=O) groups is 2. The first kappa shape index (κ1) is 22.7. The largest absolute Gasteiger partial charge is 0.457 e. The van der Waals surface area contributed by atoms with Gasteiger partial charge in [0.05, 0.1) is 19.3 Å². The molecule has 5 rings (SSSR count). The second kappa shape index (κ2) is 10.4. The summed E-state index contributed by atoms with van der Waals surface area (Å²) in [5, 5.41) is 5.83. The van der Waals surface area contributed by atoms with Crippen LogP contribution in [0.25, 0.3) is 0 Å². The molecule has 0 spiro atoms. The topological polar surface area (TPSA) is 95.1 Å². The smallest absolute Gasteiger partial charge is 0.412 e. The molecule has 0 aromatic heterocycles. The third kappa shape index (κ3) is 5.34. The van der Waals surface area contributed by atoms with E-state index in [0.717, 1.165) is 31.4 Å². The maximum atomic E-state index is 12.6. The Morgan fingerprint density at radius 2 is 1.53 bits per heavy atom. The number of para-hydroxylation sites is 1. The number of fused-ring (bicyclic) bond motifs is 1. The van der Waals surface area contributed by atoms with E-state index in [-0.39, 0.29) is 36.7 Å². The van der Waals surface area contributed by atoms with Crippen LogP contribution in [0.15, 0.2) is 54.6 Å². The molecule has 2 N–H and O–H groups in total. The van der Waals surface area contributed by atoms with E-state index in [1.807, 2.05) is 30.3 Å². The summed E-state index contributed by atoms with van der Waals surface area (Å²) in [5.74, 6) is 1.57.